The summed E-state index contributed by atoms with van der Waals surface area (Å²) in [7, 11) is 0. The van der Waals surface area contributed by atoms with Crippen LogP contribution < -0.4 is 0 Å². The highest BCUT2D eigenvalue weighted by atomic mass is 19.4. The lowest BCUT2D eigenvalue weighted by atomic mass is 9.98. The number of rotatable bonds is 4. The normalized spacial score (nSPS) is 28.1. The van der Waals surface area contributed by atoms with E-state index in [0.717, 1.165) is 45.1 Å². The molecule has 0 saturated carbocycles. The minimum absolute atomic E-state index is 0.0668. The van der Waals surface area contributed by atoms with Crippen LogP contribution in [0.15, 0.2) is 0 Å². The van der Waals surface area contributed by atoms with Gasteiger partial charge in [-0.15, -0.1) is 0 Å². The van der Waals surface area contributed by atoms with Crippen molar-refractivity contribution in [1.29, 1.82) is 0 Å². The number of carboxylic acid groups (broad SMARTS) is 1. The summed E-state index contributed by atoms with van der Waals surface area (Å²) in [4.78, 5) is 26.0. The molecule has 0 aromatic heterocycles. The molecule has 0 radical (unpaired) electrons. The van der Waals surface area contributed by atoms with Gasteiger partial charge in [-0.2, -0.15) is 13.2 Å². The monoisotopic (exact) mass is 410 g/mol. The maximum atomic E-state index is 12.7. The van der Waals surface area contributed by atoms with Crippen LogP contribution in [-0.4, -0.2) is 91.1 Å². The zero-order valence-electron chi connectivity index (χ0n) is 16.3. The fourth-order valence-electron chi connectivity index (χ4n) is 3.64. The van der Waals surface area contributed by atoms with Crippen molar-refractivity contribution in [2.24, 2.45) is 11.8 Å². The predicted molar refractivity (Wildman–Crippen MR) is 93.8 cm³/mol. The second-order valence-corrected chi connectivity index (χ2v) is 7.82. The number of amides is 1. The summed E-state index contributed by atoms with van der Waals surface area (Å²) in [5.41, 5.74) is 0. The number of carbonyl (C=O) groups excluding carboxylic acids is 1. The number of ether oxygens (including phenoxy) is 2. The first-order chi connectivity index (χ1) is 13.1. The van der Waals surface area contributed by atoms with Gasteiger partial charge >= 0.3 is 12.1 Å². The van der Waals surface area contributed by atoms with Gasteiger partial charge in [0.25, 0.3) is 0 Å². The Hall–Kier alpha value is -1.39. The Morgan fingerprint density at radius 3 is 2.32 bits per heavy atom. The van der Waals surface area contributed by atoms with Crippen molar-refractivity contribution in [2.45, 2.75) is 45.1 Å². The number of morpholine rings is 2. The lowest BCUT2D eigenvalue weighted by Gasteiger charge is -2.34. The summed E-state index contributed by atoms with van der Waals surface area (Å²) in [6.07, 6.45) is -2.60. The average molecular weight is 410 g/mol. The van der Waals surface area contributed by atoms with E-state index in [-0.39, 0.29) is 24.0 Å². The van der Waals surface area contributed by atoms with Crippen molar-refractivity contribution in [3.63, 3.8) is 0 Å². The van der Waals surface area contributed by atoms with Crippen LogP contribution in [0.2, 0.25) is 0 Å². The second-order valence-electron chi connectivity index (χ2n) is 7.82. The molecule has 0 unspecified atom stereocenters. The zero-order valence-corrected chi connectivity index (χ0v) is 16.3. The van der Waals surface area contributed by atoms with Gasteiger partial charge in [-0.25, -0.2) is 4.79 Å². The molecule has 1 N–H and O–H groups in total. The van der Waals surface area contributed by atoms with Gasteiger partial charge in [0.1, 0.15) is 0 Å². The lowest BCUT2D eigenvalue weighted by molar-refractivity contribution is -0.192. The molecular formula is C18H29F3N2O5. The van der Waals surface area contributed by atoms with Gasteiger partial charge in [0, 0.05) is 26.2 Å². The third-order valence-electron chi connectivity index (χ3n) is 5.14. The van der Waals surface area contributed by atoms with E-state index in [1.807, 2.05) is 4.90 Å². The Morgan fingerprint density at radius 2 is 1.79 bits per heavy atom. The van der Waals surface area contributed by atoms with Crippen LogP contribution in [0, 0.1) is 11.8 Å². The molecule has 0 spiro atoms. The Morgan fingerprint density at radius 1 is 1.18 bits per heavy atom. The molecule has 0 aromatic carbocycles. The van der Waals surface area contributed by atoms with Crippen LogP contribution in [-0.2, 0) is 19.1 Å². The second kappa shape index (κ2) is 9.89. The summed E-state index contributed by atoms with van der Waals surface area (Å²) in [5.74, 6) is -1.67. The van der Waals surface area contributed by atoms with Gasteiger partial charge in [0.2, 0.25) is 5.91 Å². The smallest absolute Gasteiger partial charge is 0.475 e. The number of carbonyl (C=O) groups is 2. The Balaban J connectivity index is 0.000000345. The molecule has 1 amide bonds. The van der Waals surface area contributed by atoms with Gasteiger partial charge < -0.3 is 19.5 Å². The molecule has 28 heavy (non-hydrogen) atoms. The van der Waals surface area contributed by atoms with E-state index < -0.39 is 12.1 Å². The molecule has 0 aromatic rings. The molecule has 0 aliphatic carbocycles. The van der Waals surface area contributed by atoms with Gasteiger partial charge in [-0.05, 0) is 25.3 Å². The maximum Gasteiger partial charge on any atom is 0.490 e. The van der Waals surface area contributed by atoms with E-state index in [1.54, 1.807) is 0 Å². The largest absolute Gasteiger partial charge is 0.490 e. The third-order valence-corrected chi connectivity index (χ3v) is 5.14. The molecule has 10 heteroatoms. The number of aliphatic carboxylic acids is 1. The first kappa shape index (κ1) is 22.9. The first-order valence-electron chi connectivity index (χ1n) is 9.62. The first-order valence-corrected chi connectivity index (χ1v) is 9.62. The van der Waals surface area contributed by atoms with Gasteiger partial charge in [-0.1, -0.05) is 13.8 Å². The van der Waals surface area contributed by atoms with Crippen molar-refractivity contribution < 1.29 is 37.3 Å². The molecule has 2 bridgehead atoms. The fourth-order valence-corrected chi connectivity index (χ4v) is 3.64. The molecule has 3 aliphatic heterocycles. The molecule has 3 aliphatic rings. The van der Waals surface area contributed by atoms with Gasteiger partial charge in [0.15, 0.2) is 0 Å². The van der Waals surface area contributed by atoms with E-state index in [1.165, 1.54) is 6.42 Å². The van der Waals surface area contributed by atoms with E-state index in [4.69, 9.17) is 19.4 Å². The minimum atomic E-state index is -5.08. The Bertz CT molecular complexity index is 538. The maximum absolute atomic E-state index is 12.7. The number of alkyl halides is 3. The van der Waals surface area contributed by atoms with Crippen molar-refractivity contribution in [2.75, 3.05) is 45.9 Å². The molecule has 7 nitrogen and oxygen atoms in total. The molecule has 3 rings (SSSR count). The third kappa shape index (κ3) is 6.59. The highest BCUT2D eigenvalue weighted by Crippen LogP contribution is 2.33. The van der Waals surface area contributed by atoms with E-state index in [2.05, 4.69) is 18.7 Å². The minimum Gasteiger partial charge on any atom is -0.475 e. The SMILES string of the molecule is CC(C)CCN1C[C@H]2C[C@H](C(=O)N3CCOCC3)[C@@H](C1)O2.O=C(O)C(F)(F)F. The highest BCUT2D eigenvalue weighted by Gasteiger charge is 2.45. The van der Waals surface area contributed by atoms with Crippen LogP contribution in [0.5, 0.6) is 0 Å². The predicted octanol–water partition coefficient (Wildman–Crippen LogP) is 1.61. The van der Waals surface area contributed by atoms with Crippen molar-refractivity contribution >= 4 is 11.9 Å². The number of likely N-dealkylation sites (tertiary alicyclic amines) is 1. The molecule has 3 heterocycles. The Kier molecular flexibility index (Phi) is 8.08. The van der Waals surface area contributed by atoms with Crippen molar-refractivity contribution in [3.05, 3.63) is 0 Å². The molecule has 3 saturated heterocycles. The molecular weight excluding hydrogens is 381 g/mol. The van der Waals surface area contributed by atoms with Gasteiger partial charge in [-0.3, -0.25) is 9.69 Å². The van der Waals surface area contributed by atoms with Crippen molar-refractivity contribution in [3.8, 4) is 0 Å². The topological polar surface area (TPSA) is 79.3 Å². The summed E-state index contributed by atoms with van der Waals surface area (Å²) in [5, 5.41) is 7.12. The Labute approximate surface area is 162 Å². The summed E-state index contributed by atoms with van der Waals surface area (Å²) < 4.78 is 43.1. The van der Waals surface area contributed by atoms with Crippen LogP contribution in [0.4, 0.5) is 13.2 Å². The van der Waals surface area contributed by atoms with Crippen LogP contribution >= 0.6 is 0 Å². The number of fused-ring (bicyclic) bond motifs is 2. The van der Waals surface area contributed by atoms with E-state index in [0.29, 0.717) is 13.2 Å². The standard InChI is InChI=1S/C16H28N2O3.C2HF3O2/c1-12(2)3-4-17-10-13-9-14(15(11-17)21-13)16(19)18-5-7-20-8-6-18;3-2(4,5)1(6)7/h12-15H,3-11H2,1-2H3;(H,6,7)/t13-,14+,15-;/m1./s1. The van der Waals surface area contributed by atoms with Crippen LogP contribution in [0.1, 0.15) is 26.7 Å². The number of carboxylic acids is 1. The number of nitrogens with zero attached hydrogens (tertiary/aromatic N) is 2. The quantitative estimate of drug-likeness (QED) is 0.759. The summed E-state index contributed by atoms with van der Waals surface area (Å²) in [6, 6.07) is 0. The highest BCUT2D eigenvalue weighted by molar-refractivity contribution is 5.80. The number of hydrogen-bond donors (Lipinski definition) is 1. The molecule has 3 fully saturated rings. The van der Waals surface area contributed by atoms with Crippen molar-refractivity contribution in [1.82, 2.24) is 9.80 Å². The van der Waals surface area contributed by atoms with E-state index >= 15 is 0 Å². The average Bonchev–Trinajstić information content (AvgIpc) is 2.94. The number of hydrogen-bond acceptors (Lipinski definition) is 5. The zero-order chi connectivity index (χ0) is 20.9. The lowest BCUT2D eigenvalue weighted by Crippen LogP contribution is -2.48. The van der Waals surface area contributed by atoms with Crippen LogP contribution in [0.25, 0.3) is 0 Å². The summed E-state index contributed by atoms with van der Waals surface area (Å²) >= 11 is 0. The molecule has 3 atom stereocenters. The number of halogens is 3. The fraction of sp³-hybridized carbons (Fsp3) is 0.889. The van der Waals surface area contributed by atoms with E-state index in [9.17, 15) is 18.0 Å². The van der Waals surface area contributed by atoms with Gasteiger partial charge in [0.05, 0.1) is 31.3 Å². The van der Waals surface area contributed by atoms with Crippen LogP contribution in [0.3, 0.4) is 0 Å². The summed E-state index contributed by atoms with van der Waals surface area (Å²) in [6.45, 7) is 10.4. The molecule has 162 valence electrons.